The van der Waals surface area contributed by atoms with Crippen molar-refractivity contribution in [1.29, 1.82) is 0 Å². The zero-order valence-electron chi connectivity index (χ0n) is 10.1. The van der Waals surface area contributed by atoms with E-state index in [9.17, 15) is 8.78 Å². The van der Waals surface area contributed by atoms with E-state index in [0.29, 0.717) is 23.8 Å². The Labute approximate surface area is 103 Å². The van der Waals surface area contributed by atoms with Crippen LogP contribution in [-0.2, 0) is 6.54 Å². The van der Waals surface area contributed by atoms with Crippen molar-refractivity contribution in [1.82, 2.24) is 9.78 Å². The molecule has 1 aromatic heterocycles. The summed E-state index contributed by atoms with van der Waals surface area (Å²) in [7, 11) is 0. The normalized spacial score (nSPS) is 10.7. The van der Waals surface area contributed by atoms with E-state index in [2.05, 4.69) is 5.10 Å². The molecule has 0 spiro atoms. The number of hydrogen-bond acceptors (Lipinski definition) is 3. The molecule has 4 nitrogen and oxygen atoms in total. The monoisotopic (exact) mass is 253 g/mol. The molecule has 18 heavy (non-hydrogen) atoms. The summed E-state index contributed by atoms with van der Waals surface area (Å²) in [5, 5.41) is 4.15. The maximum absolute atomic E-state index is 13.0. The Balaban J connectivity index is 2.39. The largest absolute Gasteiger partial charge is 0.437 e. The molecular formula is C12H13F2N3O. The quantitative estimate of drug-likeness (QED) is 0.915. The van der Waals surface area contributed by atoms with Crippen LogP contribution in [0, 0.1) is 18.6 Å². The molecular weight excluding hydrogens is 240 g/mol. The molecule has 0 aliphatic heterocycles. The first-order chi connectivity index (χ1) is 8.51. The fourth-order valence-electron chi connectivity index (χ4n) is 1.60. The summed E-state index contributed by atoms with van der Waals surface area (Å²) in [6, 6.07) is 2.95. The van der Waals surface area contributed by atoms with Gasteiger partial charge in [0.15, 0.2) is 0 Å². The summed E-state index contributed by atoms with van der Waals surface area (Å²) in [5.74, 6) is -1.07. The van der Waals surface area contributed by atoms with Gasteiger partial charge in [0, 0.05) is 24.7 Å². The van der Waals surface area contributed by atoms with Crippen LogP contribution in [0.15, 0.2) is 18.2 Å². The molecule has 0 atom stereocenters. The number of rotatable bonds is 3. The van der Waals surface area contributed by atoms with E-state index in [0.717, 1.165) is 18.2 Å². The van der Waals surface area contributed by atoms with E-state index < -0.39 is 11.6 Å². The van der Waals surface area contributed by atoms with Crippen LogP contribution in [0.4, 0.5) is 14.5 Å². The molecule has 0 unspecified atom stereocenters. The third kappa shape index (κ3) is 2.27. The van der Waals surface area contributed by atoms with Crippen molar-refractivity contribution in [3.63, 3.8) is 0 Å². The Morgan fingerprint density at radius 3 is 2.44 bits per heavy atom. The number of aromatic nitrogens is 2. The van der Waals surface area contributed by atoms with Crippen LogP contribution in [0.3, 0.4) is 0 Å². The van der Waals surface area contributed by atoms with E-state index in [1.54, 1.807) is 6.92 Å². The Morgan fingerprint density at radius 1 is 1.28 bits per heavy atom. The lowest BCUT2D eigenvalue weighted by Crippen LogP contribution is -2.01. The number of anilines is 1. The number of aryl methyl sites for hydroxylation is 2. The summed E-state index contributed by atoms with van der Waals surface area (Å²) in [5.41, 5.74) is 6.78. The molecule has 0 saturated heterocycles. The van der Waals surface area contributed by atoms with Crippen molar-refractivity contribution in [2.75, 3.05) is 5.73 Å². The van der Waals surface area contributed by atoms with Gasteiger partial charge in [0.05, 0.1) is 5.69 Å². The summed E-state index contributed by atoms with van der Waals surface area (Å²) in [4.78, 5) is 0. The van der Waals surface area contributed by atoms with E-state index in [1.807, 2.05) is 6.92 Å². The van der Waals surface area contributed by atoms with Crippen LogP contribution < -0.4 is 10.5 Å². The van der Waals surface area contributed by atoms with Gasteiger partial charge >= 0.3 is 0 Å². The fourth-order valence-corrected chi connectivity index (χ4v) is 1.60. The van der Waals surface area contributed by atoms with E-state index in [-0.39, 0.29) is 5.75 Å². The van der Waals surface area contributed by atoms with E-state index in [4.69, 9.17) is 10.5 Å². The molecule has 0 aliphatic rings. The third-order valence-corrected chi connectivity index (χ3v) is 2.48. The molecule has 6 heteroatoms. The van der Waals surface area contributed by atoms with Gasteiger partial charge in [-0.05, 0) is 13.8 Å². The second-order valence-electron chi connectivity index (χ2n) is 3.83. The number of nitrogen functional groups attached to an aromatic ring is 1. The van der Waals surface area contributed by atoms with Crippen molar-refractivity contribution in [2.45, 2.75) is 20.4 Å². The summed E-state index contributed by atoms with van der Waals surface area (Å²) < 4.78 is 33.0. The van der Waals surface area contributed by atoms with Gasteiger partial charge < -0.3 is 10.5 Å². The van der Waals surface area contributed by atoms with Crippen molar-refractivity contribution in [3.8, 4) is 11.6 Å². The van der Waals surface area contributed by atoms with Crippen molar-refractivity contribution >= 4 is 5.69 Å². The minimum atomic E-state index is -0.706. The van der Waals surface area contributed by atoms with E-state index in [1.165, 1.54) is 4.68 Å². The van der Waals surface area contributed by atoms with Gasteiger partial charge in [0.25, 0.3) is 0 Å². The molecule has 1 aromatic carbocycles. The lowest BCUT2D eigenvalue weighted by atomic mass is 10.3. The Kier molecular flexibility index (Phi) is 3.18. The predicted octanol–water partition coefficient (Wildman–Crippen LogP) is 2.86. The average Bonchev–Trinajstić information content (AvgIpc) is 2.55. The first-order valence-electron chi connectivity index (χ1n) is 5.48. The number of benzene rings is 1. The first kappa shape index (κ1) is 12.3. The number of nitrogens with two attached hydrogens (primary N) is 1. The maximum Gasteiger partial charge on any atom is 0.241 e. The molecule has 0 fully saturated rings. The van der Waals surface area contributed by atoms with Crippen LogP contribution in [-0.4, -0.2) is 9.78 Å². The number of ether oxygens (including phenoxy) is 1. The number of hydrogen-bond donors (Lipinski definition) is 1. The van der Waals surface area contributed by atoms with Gasteiger partial charge in [-0.25, -0.2) is 13.5 Å². The average molecular weight is 253 g/mol. The van der Waals surface area contributed by atoms with Crippen molar-refractivity contribution < 1.29 is 13.5 Å². The van der Waals surface area contributed by atoms with Gasteiger partial charge in [0.2, 0.25) is 5.88 Å². The van der Waals surface area contributed by atoms with Crippen LogP contribution >= 0.6 is 0 Å². The Hall–Kier alpha value is -2.11. The summed E-state index contributed by atoms with van der Waals surface area (Å²) >= 11 is 0. The van der Waals surface area contributed by atoms with Gasteiger partial charge in [-0.1, -0.05) is 0 Å². The highest BCUT2D eigenvalue weighted by molar-refractivity contribution is 5.53. The molecule has 0 saturated carbocycles. The number of halogens is 2. The Bertz CT molecular complexity index is 561. The van der Waals surface area contributed by atoms with Crippen LogP contribution in [0.5, 0.6) is 11.6 Å². The smallest absolute Gasteiger partial charge is 0.241 e. The lowest BCUT2D eigenvalue weighted by molar-refractivity contribution is 0.412. The standard InChI is InChI=1S/C12H13F2N3O/c1-3-17-12(11(15)7(2)16-17)18-10-5-8(13)4-9(14)6-10/h4-6H,3,15H2,1-2H3. The topological polar surface area (TPSA) is 53.1 Å². The molecule has 2 rings (SSSR count). The highest BCUT2D eigenvalue weighted by atomic mass is 19.1. The summed E-state index contributed by atoms with van der Waals surface area (Å²) in [6.07, 6.45) is 0. The first-order valence-corrected chi connectivity index (χ1v) is 5.48. The minimum absolute atomic E-state index is 0.0498. The summed E-state index contributed by atoms with van der Waals surface area (Å²) in [6.45, 7) is 4.15. The molecule has 2 aromatic rings. The fraction of sp³-hybridized carbons (Fsp3) is 0.250. The van der Waals surface area contributed by atoms with Crippen LogP contribution in [0.2, 0.25) is 0 Å². The highest BCUT2D eigenvalue weighted by Gasteiger charge is 2.14. The molecule has 1 heterocycles. The second-order valence-corrected chi connectivity index (χ2v) is 3.83. The zero-order chi connectivity index (χ0) is 13.3. The minimum Gasteiger partial charge on any atom is -0.437 e. The molecule has 0 aliphatic carbocycles. The third-order valence-electron chi connectivity index (χ3n) is 2.48. The lowest BCUT2D eigenvalue weighted by Gasteiger charge is -2.08. The SMILES string of the molecule is CCn1nc(C)c(N)c1Oc1cc(F)cc(F)c1. The highest BCUT2D eigenvalue weighted by Crippen LogP contribution is 2.30. The zero-order valence-corrected chi connectivity index (χ0v) is 10.1. The van der Waals surface area contributed by atoms with Gasteiger partial charge in [-0.15, -0.1) is 0 Å². The second kappa shape index (κ2) is 4.64. The maximum atomic E-state index is 13.0. The van der Waals surface area contributed by atoms with E-state index >= 15 is 0 Å². The van der Waals surface area contributed by atoms with Gasteiger partial charge in [0.1, 0.15) is 23.1 Å². The Morgan fingerprint density at radius 2 is 1.89 bits per heavy atom. The van der Waals surface area contributed by atoms with Crippen LogP contribution in [0.1, 0.15) is 12.6 Å². The number of nitrogens with zero attached hydrogens (tertiary/aromatic N) is 2. The molecule has 0 bridgehead atoms. The predicted molar refractivity (Wildman–Crippen MR) is 63.5 cm³/mol. The molecule has 2 N–H and O–H groups in total. The van der Waals surface area contributed by atoms with Gasteiger partial charge in [-0.3, -0.25) is 0 Å². The molecule has 0 amide bonds. The van der Waals surface area contributed by atoms with Crippen LogP contribution in [0.25, 0.3) is 0 Å². The van der Waals surface area contributed by atoms with Crippen molar-refractivity contribution in [2.24, 2.45) is 0 Å². The molecule has 96 valence electrons. The van der Waals surface area contributed by atoms with Crippen molar-refractivity contribution in [3.05, 3.63) is 35.5 Å². The van der Waals surface area contributed by atoms with Gasteiger partial charge in [-0.2, -0.15) is 5.10 Å². The molecule has 0 radical (unpaired) electrons.